The summed E-state index contributed by atoms with van der Waals surface area (Å²) in [5, 5.41) is 7.14. The minimum atomic E-state index is -0.914. The summed E-state index contributed by atoms with van der Waals surface area (Å²) in [4.78, 5) is 37.7. The lowest BCUT2D eigenvalue weighted by atomic mass is 10.1. The SMILES string of the molecule is O=C(COC(=O)C(Cc1ccccc1)NC(=O)c1cccs1)Nc1ccc(Br)cc1. The minimum absolute atomic E-state index is 0.255. The van der Waals surface area contributed by atoms with Crippen LogP contribution in [0.3, 0.4) is 0 Å². The lowest BCUT2D eigenvalue weighted by molar-refractivity contribution is -0.149. The van der Waals surface area contributed by atoms with Gasteiger partial charge in [-0.3, -0.25) is 9.59 Å². The number of hydrogen-bond acceptors (Lipinski definition) is 5. The normalized spacial score (nSPS) is 11.4. The maximum atomic E-state index is 12.6. The molecule has 0 radical (unpaired) electrons. The molecule has 0 aliphatic heterocycles. The molecule has 1 aromatic heterocycles. The number of benzene rings is 2. The van der Waals surface area contributed by atoms with Crippen molar-refractivity contribution in [3.63, 3.8) is 0 Å². The molecule has 0 spiro atoms. The molecule has 0 fully saturated rings. The Kier molecular flexibility index (Phi) is 7.75. The highest BCUT2D eigenvalue weighted by atomic mass is 79.9. The summed E-state index contributed by atoms with van der Waals surface area (Å²) in [7, 11) is 0. The van der Waals surface area contributed by atoms with Crippen LogP contribution in [-0.2, 0) is 20.7 Å². The first-order valence-electron chi connectivity index (χ1n) is 9.11. The van der Waals surface area contributed by atoms with Crippen molar-refractivity contribution in [2.45, 2.75) is 12.5 Å². The highest BCUT2D eigenvalue weighted by molar-refractivity contribution is 9.10. The van der Waals surface area contributed by atoms with Gasteiger partial charge in [-0.15, -0.1) is 11.3 Å². The second-order valence-electron chi connectivity index (χ2n) is 6.36. The summed E-state index contributed by atoms with van der Waals surface area (Å²) >= 11 is 4.60. The predicted molar refractivity (Wildman–Crippen MR) is 119 cm³/mol. The number of ether oxygens (including phenoxy) is 1. The highest BCUT2D eigenvalue weighted by Crippen LogP contribution is 2.14. The largest absolute Gasteiger partial charge is 0.454 e. The number of hydrogen-bond donors (Lipinski definition) is 2. The van der Waals surface area contributed by atoms with Gasteiger partial charge in [0.2, 0.25) is 0 Å². The zero-order valence-electron chi connectivity index (χ0n) is 15.8. The van der Waals surface area contributed by atoms with E-state index in [0.29, 0.717) is 10.6 Å². The third-order valence-corrected chi connectivity index (χ3v) is 5.49. The molecule has 2 aromatic carbocycles. The van der Waals surface area contributed by atoms with Crippen LogP contribution in [0.2, 0.25) is 0 Å². The van der Waals surface area contributed by atoms with Gasteiger partial charge < -0.3 is 15.4 Å². The van der Waals surface area contributed by atoms with Crippen molar-refractivity contribution < 1.29 is 19.1 Å². The van der Waals surface area contributed by atoms with Gasteiger partial charge >= 0.3 is 5.97 Å². The molecule has 8 heteroatoms. The van der Waals surface area contributed by atoms with E-state index in [2.05, 4.69) is 26.6 Å². The zero-order valence-corrected chi connectivity index (χ0v) is 18.2. The van der Waals surface area contributed by atoms with Gasteiger partial charge in [0.15, 0.2) is 6.61 Å². The molecule has 3 aromatic rings. The van der Waals surface area contributed by atoms with E-state index in [-0.39, 0.29) is 12.3 Å². The van der Waals surface area contributed by atoms with Crippen molar-refractivity contribution in [3.8, 4) is 0 Å². The van der Waals surface area contributed by atoms with Gasteiger partial charge in [0, 0.05) is 16.6 Å². The Morgan fingerprint density at radius 3 is 2.37 bits per heavy atom. The molecule has 1 atom stereocenters. The predicted octanol–water partition coefficient (Wildman–Crippen LogP) is 4.03. The standard InChI is InChI=1S/C22H19BrN2O4S/c23-16-8-10-17(11-9-16)24-20(26)14-29-22(28)18(13-15-5-2-1-3-6-15)25-21(27)19-7-4-12-30-19/h1-12,18H,13-14H2,(H,24,26)(H,25,27). The molecule has 6 nitrogen and oxygen atoms in total. The fourth-order valence-corrected chi connectivity index (χ4v) is 3.54. The summed E-state index contributed by atoms with van der Waals surface area (Å²) in [6.07, 6.45) is 0.255. The average Bonchev–Trinajstić information content (AvgIpc) is 3.29. The number of amides is 2. The Morgan fingerprint density at radius 2 is 1.70 bits per heavy atom. The molecule has 0 aliphatic carbocycles. The summed E-state index contributed by atoms with van der Waals surface area (Å²) in [5.41, 5.74) is 1.45. The third kappa shape index (κ3) is 6.53. The Balaban J connectivity index is 1.61. The molecule has 154 valence electrons. The van der Waals surface area contributed by atoms with Crippen LogP contribution in [0.4, 0.5) is 5.69 Å². The number of thiophene rings is 1. The maximum absolute atomic E-state index is 12.6. The quantitative estimate of drug-likeness (QED) is 0.470. The zero-order chi connectivity index (χ0) is 21.3. The lowest BCUT2D eigenvalue weighted by Gasteiger charge is -2.17. The Labute approximate surface area is 186 Å². The van der Waals surface area contributed by atoms with Gasteiger partial charge in [0.1, 0.15) is 6.04 Å². The van der Waals surface area contributed by atoms with E-state index in [9.17, 15) is 14.4 Å². The summed E-state index contributed by atoms with van der Waals surface area (Å²) in [6.45, 7) is -0.449. The first-order chi connectivity index (χ1) is 14.5. The molecule has 0 bridgehead atoms. The van der Waals surface area contributed by atoms with Crippen molar-refractivity contribution in [2.24, 2.45) is 0 Å². The molecular weight excluding hydrogens is 468 g/mol. The van der Waals surface area contributed by atoms with Crippen LogP contribution >= 0.6 is 27.3 Å². The first kappa shape index (κ1) is 21.7. The fraction of sp³-hybridized carbons (Fsp3) is 0.136. The van der Waals surface area contributed by atoms with Crippen LogP contribution in [0.5, 0.6) is 0 Å². The van der Waals surface area contributed by atoms with Crippen molar-refractivity contribution in [2.75, 3.05) is 11.9 Å². The van der Waals surface area contributed by atoms with Gasteiger partial charge in [-0.05, 0) is 41.3 Å². The summed E-state index contributed by atoms with van der Waals surface area (Å²) in [6, 6.07) is 18.8. The Hall–Kier alpha value is -2.97. The van der Waals surface area contributed by atoms with Crippen molar-refractivity contribution >= 4 is 50.7 Å². The van der Waals surface area contributed by atoms with Crippen LogP contribution in [0, 0.1) is 0 Å². The Morgan fingerprint density at radius 1 is 0.967 bits per heavy atom. The average molecular weight is 487 g/mol. The van der Waals surface area contributed by atoms with Gasteiger partial charge in [-0.25, -0.2) is 4.79 Å². The first-order valence-corrected chi connectivity index (χ1v) is 10.8. The van der Waals surface area contributed by atoms with Crippen LogP contribution in [0.1, 0.15) is 15.2 Å². The third-order valence-electron chi connectivity index (χ3n) is 4.09. The fourth-order valence-electron chi connectivity index (χ4n) is 2.65. The van der Waals surface area contributed by atoms with Crippen molar-refractivity contribution in [1.29, 1.82) is 0 Å². The van der Waals surface area contributed by atoms with Crippen LogP contribution in [-0.4, -0.2) is 30.4 Å². The van der Waals surface area contributed by atoms with Crippen LogP contribution in [0.15, 0.2) is 76.6 Å². The number of anilines is 1. The highest BCUT2D eigenvalue weighted by Gasteiger charge is 2.24. The van der Waals surface area contributed by atoms with Gasteiger partial charge in [-0.2, -0.15) is 0 Å². The van der Waals surface area contributed by atoms with Gasteiger partial charge in [-0.1, -0.05) is 52.3 Å². The minimum Gasteiger partial charge on any atom is -0.454 e. The van der Waals surface area contributed by atoms with Gasteiger partial charge in [0.25, 0.3) is 11.8 Å². The summed E-state index contributed by atoms with van der Waals surface area (Å²) in [5.74, 6) is -1.49. The molecular formula is C22H19BrN2O4S. The monoisotopic (exact) mass is 486 g/mol. The van der Waals surface area contributed by atoms with E-state index in [1.54, 1.807) is 41.8 Å². The molecule has 30 heavy (non-hydrogen) atoms. The molecule has 2 N–H and O–H groups in total. The van der Waals surface area contributed by atoms with E-state index < -0.39 is 24.5 Å². The molecule has 1 unspecified atom stereocenters. The molecule has 3 rings (SSSR count). The number of rotatable bonds is 8. The van der Waals surface area contributed by atoms with Crippen LogP contribution < -0.4 is 10.6 Å². The second-order valence-corrected chi connectivity index (χ2v) is 8.22. The van der Waals surface area contributed by atoms with E-state index in [4.69, 9.17) is 4.74 Å². The maximum Gasteiger partial charge on any atom is 0.329 e. The van der Waals surface area contributed by atoms with E-state index >= 15 is 0 Å². The molecule has 0 aliphatic rings. The van der Waals surface area contributed by atoms with E-state index in [1.807, 2.05) is 30.3 Å². The molecule has 2 amide bonds. The number of carbonyl (C=O) groups is 3. The van der Waals surface area contributed by atoms with Crippen molar-refractivity contribution in [3.05, 3.63) is 87.0 Å². The smallest absolute Gasteiger partial charge is 0.329 e. The van der Waals surface area contributed by atoms with Crippen molar-refractivity contribution in [1.82, 2.24) is 5.32 Å². The van der Waals surface area contributed by atoms with Crippen LogP contribution in [0.25, 0.3) is 0 Å². The number of halogens is 1. The lowest BCUT2D eigenvalue weighted by Crippen LogP contribution is -2.43. The Bertz CT molecular complexity index is 992. The van der Waals surface area contributed by atoms with E-state index in [0.717, 1.165) is 10.0 Å². The molecule has 1 heterocycles. The number of esters is 1. The topological polar surface area (TPSA) is 84.5 Å². The molecule has 0 saturated heterocycles. The van der Waals surface area contributed by atoms with Gasteiger partial charge in [0.05, 0.1) is 4.88 Å². The van der Waals surface area contributed by atoms with E-state index in [1.165, 1.54) is 11.3 Å². The second kappa shape index (κ2) is 10.7. The number of carbonyl (C=O) groups excluding carboxylic acids is 3. The number of nitrogens with one attached hydrogen (secondary N) is 2. The summed E-state index contributed by atoms with van der Waals surface area (Å²) < 4.78 is 6.07. The molecule has 0 saturated carbocycles.